The average Bonchev–Trinajstić information content (AvgIpc) is 1.51. The van der Waals surface area contributed by atoms with E-state index in [0.717, 1.165) is 37.1 Å². The number of nitrogens with zero attached hydrogens (tertiary/aromatic N) is 2. The molecule has 7 aromatic rings. The lowest BCUT2D eigenvalue weighted by molar-refractivity contribution is 0.510. The molecule has 2 atom stereocenters. The van der Waals surface area contributed by atoms with E-state index in [4.69, 9.17) is 0 Å². The highest BCUT2D eigenvalue weighted by Crippen LogP contribution is 2.66. The molecule has 87 heavy (non-hydrogen) atoms. The lowest BCUT2D eigenvalue weighted by Crippen LogP contribution is -2.33. The van der Waals surface area contributed by atoms with Crippen LogP contribution in [-0.2, 0) is 39.9 Å². The Bertz CT molecular complexity index is 4030. The van der Waals surface area contributed by atoms with E-state index in [1.54, 1.807) is 0 Å². The van der Waals surface area contributed by atoms with E-state index >= 15 is 0 Å². The molecule has 0 aliphatic heterocycles. The van der Waals surface area contributed by atoms with E-state index in [-0.39, 0.29) is 33.1 Å². The molecule has 0 N–H and O–H groups in total. The van der Waals surface area contributed by atoms with Crippen molar-refractivity contribution >= 4 is 34.0 Å². The summed E-state index contributed by atoms with van der Waals surface area (Å²) in [6.45, 7) is 41.6. The molecule has 5 aliphatic rings. The number of allylic oxidation sites excluding steroid dienone is 13. The summed E-state index contributed by atoms with van der Waals surface area (Å²) >= 11 is 0. The topological polar surface area (TPSA) is 6.48 Å². The van der Waals surface area contributed by atoms with Crippen molar-refractivity contribution in [2.75, 3.05) is 9.80 Å². The molecule has 0 bridgehead atoms. The van der Waals surface area contributed by atoms with E-state index in [0.29, 0.717) is 0 Å². The van der Waals surface area contributed by atoms with Crippen molar-refractivity contribution < 1.29 is 0 Å². The fourth-order valence-corrected chi connectivity index (χ4v) is 14.7. The molecule has 0 spiro atoms. The largest absolute Gasteiger partial charge is 0.334 e. The van der Waals surface area contributed by atoms with Gasteiger partial charge in [-0.25, -0.2) is 0 Å². The van der Waals surface area contributed by atoms with Gasteiger partial charge >= 0.3 is 0 Å². The van der Waals surface area contributed by atoms with Crippen molar-refractivity contribution in [3.8, 4) is 22.3 Å². The van der Waals surface area contributed by atoms with Crippen LogP contribution in [0.15, 0.2) is 224 Å². The third-order valence-electron chi connectivity index (χ3n) is 19.5. The van der Waals surface area contributed by atoms with Crippen molar-refractivity contribution in [1.29, 1.82) is 0 Å². The second kappa shape index (κ2) is 21.7. The number of hydrogen-bond donors (Lipinski definition) is 0. The highest BCUT2D eigenvalue weighted by atomic mass is 15.2. The lowest BCUT2D eigenvalue weighted by atomic mass is 9.65. The minimum atomic E-state index is -0.832. The molecule has 0 saturated heterocycles. The summed E-state index contributed by atoms with van der Waals surface area (Å²) in [4.78, 5) is 5.33. The van der Waals surface area contributed by atoms with E-state index in [2.05, 4.69) is 321 Å². The normalized spacial score (nSPS) is 18.0. The molecule has 2 nitrogen and oxygen atoms in total. The first-order valence-corrected chi connectivity index (χ1v) is 32.1. The number of hydrogen-bond acceptors (Lipinski definition) is 2. The summed E-state index contributed by atoms with van der Waals surface area (Å²) in [7, 11) is 0. The van der Waals surface area contributed by atoms with Crippen LogP contribution in [0.2, 0.25) is 0 Å². The number of rotatable bonds is 10. The second-order valence-electron chi connectivity index (χ2n) is 30.5. The monoisotopic (exact) mass is 1140 g/mol. The van der Waals surface area contributed by atoms with Gasteiger partial charge in [0.2, 0.25) is 0 Å². The van der Waals surface area contributed by atoms with Crippen LogP contribution in [0, 0.1) is 5.41 Å². The van der Waals surface area contributed by atoms with Crippen LogP contribution < -0.4 is 9.80 Å². The van der Waals surface area contributed by atoms with Gasteiger partial charge in [-0.05, 0) is 203 Å². The smallest absolute Gasteiger partial charge is 0.0715 e. The number of fused-ring (bicyclic) bond motifs is 10. The summed E-state index contributed by atoms with van der Waals surface area (Å²) in [5, 5.41) is 0. The van der Waals surface area contributed by atoms with Gasteiger partial charge in [0.25, 0.3) is 0 Å². The Kier molecular flexibility index (Phi) is 14.8. The molecule has 7 aromatic carbocycles. The molecule has 12 rings (SSSR count). The third kappa shape index (κ3) is 10.3. The second-order valence-corrected chi connectivity index (χ2v) is 30.5. The Labute approximate surface area is 522 Å². The molecule has 2 unspecified atom stereocenters. The fourth-order valence-electron chi connectivity index (χ4n) is 14.7. The van der Waals surface area contributed by atoms with Crippen LogP contribution in [0.5, 0.6) is 0 Å². The van der Waals surface area contributed by atoms with Crippen LogP contribution >= 0.6 is 0 Å². The quantitative estimate of drug-likeness (QED) is 0.126. The first-order chi connectivity index (χ1) is 41.2. The van der Waals surface area contributed by atoms with E-state index in [1.807, 2.05) is 6.08 Å². The summed E-state index contributed by atoms with van der Waals surface area (Å²) in [6.07, 6.45) is 29.3. The predicted molar refractivity (Wildman–Crippen MR) is 376 cm³/mol. The van der Waals surface area contributed by atoms with Crippen molar-refractivity contribution in [2.24, 2.45) is 5.41 Å². The van der Waals surface area contributed by atoms with Gasteiger partial charge in [-0.15, -0.1) is 0 Å². The minimum absolute atomic E-state index is 0.000833. The van der Waals surface area contributed by atoms with Gasteiger partial charge in [0, 0.05) is 22.6 Å². The molecule has 442 valence electrons. The minimum Gasteiger partial charge on any atom is -0.334 e. The van der Waals surface area contributed by atoms with Crippen molar-refractivity contribution in [3.63, 3.8) is 0 Å². The van der Waals surface area contributed by atoms with Crippen LogP contribution in [0.3, 0.4) is 0 Å². The summed E-state index contributed by atoms with van der Waals surface area (Å²) in [5.41, 5.74) is 30.5. The fraction of sp³-hybridized carbons (Fsp3) is 0.318. The Morgan fingerprint density at radius 2 is 1.08 bits per heavy atom. The Hall–Kier alpha value is -7.94. The highest BCUT2D eigenvalue weighted by molar-refractivity contribution is 6.07. The maximum absolute atomic E-state index is 4.55. The van der Waals surface area contributed by atoms with Crippen LogP contribution in [0.1, 0.15) is 185 Å². The zero-order valence-corrected chi connectivity index (χ0v) is 55.1. The Morgan fingerprint density at radius 3 is 1.61 bits per heavy atom. The number of anilines is 5. The molecule has 0 heterocycles. The molecule has 0 amide bonds. The zero-order chi connectivity index (χ0) is 61.8. The van der Waals surface area contributed by atoms with E-state index in [9.17, 15) is 0 Å². The van der Waals surface area contributed by atoms with Crippen molar-refractivity contribution in [1.82, 2.24) is 0 Å². The lowest BCUT2D eigenvalue weighted by Gasteiger charge is -2.39. The van der Waals surface area contributed by atoms with Crippen molar-refractivity contribution in [3.05, 3.63) is 285 Å². The number of benzene rings is 7. The summed E-state index contributed by atoms with van der Waals surface area (Å²) in [6, 6.07) is 53.1. The molecule has 0 fully saturated rings. The SMILES string of the molecule is C=C/C=C(\C=C/C)C1(c2ccc(C(C)(C)C)cc2)c2cc(N(c3ccc(C(C)(C)C)cc3)C3C=CC(C(C)(C)C)=CC3)c3c(c2-c2c1cc(N(c1ccc(C(C)(C)C)cc1)c1ccc(C(C)(C)C)cc1)c1c2C2=C(CC=CC=C2)C1)Cc1ccccc1-3. The van der Waals surface area contributed by atoms with Gasteiger partial charge in [-0.2, -0.15) is 0 Å². The van der Waals surface area contributed by atoms with Crippen LogP contribution in [0.4, 0.5) is 28.4 Å². The molecular formula is C85H92N2. The first-order valence-electron chi connectivity index (χ1n) is 32.1. The molecule has 5 aliphatic carbocycles. The standard InChI is InChI=1S/C85H92N2/c1-18-25-62(26-19-2)85(63-33-31-57(32-34-63)80(3,4)5)72-54-75(87(66-47-39-60(40-48-66)83(12,13)14)67-49-41-61(42-50-67)84(15,16)17)76-68-30-24-23-28-56(68)52-71(76)78(72)79-73(85)53-74(70-51-55-27-21-20-22-29-69(55)77(70)79)86(64-43-35-58(36-44-64)81(6,7)8)65-45-37-59(38-46-65)82(9,10)11/h18-26,28-49,53-54,67H,1,27,50-52H2,2-17H3/b26-19-,62-25+. The van der Waals surface area contributed by atoms with Crippen molar-refractivity contribution in [2.45, 2.75) is 170 Å². The molecular weight excluding hydrogens is 1050 g/mol. The van der Waals surface area contributed by atoms with Gasteiger partial charge < -0.3 is 9.80 Å². The average molecular weight is 1140 g/mol. The third-order valence-corrected chi connectivity index (χ3v) is 19.5. The van der Waals surface area contributed by atoms with E-state index < -0.39 is 5.41 Å². The first kappa shape index (κ1) is 59.4. The molecule has 0 aromatic heterocycles. The van der Waals surface area contributed by atoms with Gasteiger partial charge in [-0.1, -0.05) is 268 Å². The maximum Gasteiger partial charge on any atom is 0.0715 e. The maximum atomic E-state index is 4.55. The van der Waals surface area contributed by atoms with E-state index in [1.165, 1.54) is 123 Å². The van der Waals surface area contributed by atoms with Crippen LogP contribution in [0.25, 0.3) is 27.8 Å². The zero-order valence-electron chi connectivity index (χ0n) is 55.1. The van der Waals surface area contributed by atoms with Gasteiger partial charge in [0.15, 0.2) is 0 Å². The van der Waals surface area contributed by atoms with Gasteiger partial charge in [-0.3, -0.25) is 0 Å². The molecule has 2 heteroatoms. The molecule has 0 radical (unpaired) electrons. The predicted octanol–water partition coefficient (Wildman–Crippen LogP) is 23.2. The molecule has 0 saturated carbocycles. The highest BCUT2D eigenvalue weighted by Gasteiger charge is 2.52. The summed E-state index contributed by atoms with van der Waals surface area (Å²) < 4.78 is 0. The summed E-state index contributed by atoms with van der Waals surface area (Å²) in [5.74, 6) is 0. The van der Waals surface area contributed by atoms with Gasteiger partial charge in [0.1, 0.15) is 0 Å². The van der Waals surface area contributed by atoms with Crippen LogP contribution in [-0.4, -0.2) is 6.04 Å². The Balaban J connectivity index is 1.27. The van der Waals surface area contributed by atoms with Gasteiger partial charge in [0.05, 0.1) is 22.8 Å². The Morgan fingerprint density at radius 1 is 0.540 bits per heavy atom.